The zero-order valence-corrected chi connectivity index (χ0v) is 10.6. The van der Waals surface area contributed by atoms with Crippen molar-refractivity contribution in [1.29, 1.82) is 0 Å². The van der Waals surface area contributed by atoms with Crippen molar-refractivity contribution in [2.24, 2.45) is 0 Å². The lowest BCUT2D eigenvalue weighted by molar-refractivity contribution is 0.180. The van der Waals surface area contributed by atoms with Gasteiger partial charge in [0.05, 0.1) is 0 Å². The third kappa shape index (κ3) is 2.20. The molecular weight excluding hydrogens is 214 g/mol. The summed E-state index contributed by atoms with van der Waals surface area (Å²) in [5, 5.41) is 2.71. The van der Waals surface area contributed by atoms with E-state index in [1.54, 1.807) is 7.05 Å². The van der Waals surface area contributed by atoms with Crippen LogP contribution >= 0.6 is 0 Å². The number of carbonyl (C=O) groups excluding carboxylic acids is 1. The van der Waals surface area contributed by atoms with Crippen LogP contribution in [0.4, 0.5) is 10.5 Å². The summed E-state index contributed by atoms with van der Waals surface area (Å²) < 4.78 is 0. The maximum Gasteiger partial charge on any atom is 0.317 e. The first-order valence-corrected chi connectivity index (χ1v) is 5.91. The van der Waals surface area contributed by atoms with E-state index in [-0.39, 0.29) is 12.1 Å². The standard InChI is InChI=1S/C13H19N3O/c1-10-8-15(3)12-7-5-4-6-11(12)9-16(10)13(17)14-2/h4-7,10H,8-9H2,1-3H3,(H,14,17). The maximum absolute atomic E-state index is 11.8. The van der Waals surface area contributed by atoms with Crippen LogP contribution in [0.3, 0.4) is 0 Å². The number of benzene rings is 1. The molecule has 4 nitrogen and oxygen atoms in total. The molecule has 0 bridgehead atoms. The van der Waals surface area contributed by atoms with Crippen LogP contribution in [-0.4, -0.2) is 37.6 Å². The molecule has 0 saturated carbocycles. The smallest absolute Gasteiger partial charge is 0.317 e. The molecule has 0 radical (unpaired) electrons. The molecule has 0 saturated heterocycles. The lowest BCUT2D eigenvalue weighted by Gasteiger charge is -2.28. The number of carbonyl (C=O) groups is 1. The van der Waals surface area contributed by atoms with Crippen LogP contribution in [0.2, 0.25) is 0 Å². The fraction of sp³-hybridized carbons (Fsp3) is 0.462. The predicted octanol–water partition coefficient (Wildman–Crippen LogP) is 1.67. The van der Waals surface area contributed by atoms with Gasteiger partial charge in [0.25, 0.3) is 0 Å². The quantitative estimate of drug-likeness (QED) is 0.740. The molecule has 1 aromatic carbocycles. The number of para-hydroxylation sites is 1. The van der Waals surface area contributed by atoms with Crippen LogP contribution in [0.5, 0.6) is 0 Å². The number of rotatable bonds is 0. The molecule has 1 N–H and O–H groups in total. The van der Waals surface area contributed by atoms with Crippen molar-refractivity contribution in [2.45, 2.75) is 19.5 Å². The Balaban J connectivity index is 2.35. The second-order valence-electron chi connectivity index (χ2n) is 4.54. The summed E-state index contributed by atoms with van der Waals surface area (Å²) in [5.41, 5.74) is 2.41. The van der Waals surface area contributed by atoms with Crippen molar-refractivity contribution in [3.8, 4) is 0 Å². The van der Waals surface area contributed by atoms with E-state index in [4.69, 9.17) is 0 Å². The van der Waals surface area contributed by atoms with E-state index in [2.05, 4.69) is 36.3 Å². The van der Waals surface area contributed by atoms with Crippen molar-refractivity contribution < 1.29 is 4.79 Å². The minimum Gasteiger partial charge on any atom is -0.372 e. The van der Waals surface area contributed by atoms with Gasteiger partial charge in [0.15, 0.2) is 0 Å². The molecule has 1 aromatic rings. The maximum atomic E-state index is 11.8. The van der Waals surface area contributed by atoms with E-state index in [1.807, 2.05) is 17.0 Å². The zero-order valence-electron chi connectivity index (χ0n) is 10.6. The molecule has 17 heavy (non-hydrogen) atoms. The average molecular weight is 233 g/mol. The topological polar surface area (TPSA) is 35.6 Å². The molecule has 92 valence electrons. The SMILES string of the molecule is CNC(=O)N1Cc2ccccc2N(C)CC1C. The number of likely N-dealkylation sites (N-methyl/N-ethyl adjacent to an activating group) is 1. The van der Waals surface area contributed by atoms with Crippen molar-refractivity contribution in [2.75, 3.05) is 25.5 Å². The molecular formula is C13H19N3O. The molecule has 4 heteroatoms. The molecule has 0 spiro atoms. The number of nitrogens with one attached hydrogen (secondary N) is 1. The molecule has 1 atom stereocenters. The van der Waals surface area contributed by atoms with Gasteiger partial charge in [0.1, 0.15) is 0 Å². The third-order valence-corrected chi connectivity index (χ3v) is 3.29. The number of fused-ring (bicyclic) bond motifs is 1. The number of nitrogens with zero attached hydrogens (tertiary/aromatic N) is 2. The predicted molar refractivity (Wildman–Crippen MR) is 69.2 cm³/mol. The largest absolute Gasteiger partial charge is 0.372 e. The Morgan fingerprint density at radius 2 is 2.12 bits per heavy atom. The van der Waals surface area contributed by atoms with E-state index >= 15 is 0 Å². The molecule has 0 fully saturated rings. The Labute approximate surface area is 102 Å². The first kappa shape index (κ1) is 11.8. The van der Waals surface area contributed by atoms with Crippen molar-refractivity contribution >= 4 is 11.7 Å². The fourth-order valence-corrected chi connectivity index (χ4v) is 2.37. The third-order valence-electron chi connectivity index (χ3n) is 3.29. The molecule has 2 rings (SSSR count). The highest BCUT2D eigenvalue weighted by Crippen LogP contribution is 2.25. The Bertz CT molecular complexity index is 419. The zero-order chi connectivity index (χ0) is 12.4. The normalized spacial score (nSPS) is 19.6. The monoisotopic (exact) mass is 233 g/mol. The molecule has 1 aliphatic rings. The number of hydrogen-bond acceptors (Lipinski definition) is 2. The molecule has 2 amide bonds. The molecule has 0 aromatic heterocycles. The van der Waals surface area contributed by atoms with Crippen molar-refractivity contribution in [3.05, 3.63) is 29.8 Å². The van der Waals surface area contributed by atoms with Crippen LogP contribution in [0, 0.1) is 0 Å². The lowest BCUT2D eigenvalue weighted by Crippen LogP contribution is -2.45. The number of amides is 2. The van der Waals surface area contributed by atoms with E-state index in [9.17, 15) is 4.79 Å². The Morgan fingerprint density at radius 1 is 1.41 bits per heavy atom. The summed E-state index contributed by atoms with van der Waals surface area (Å²) in [4.78, 5) is 15.9. The molecule has 0 aliphatic carbocycles. The highest BCUT2D eigenvalue weighted by Gasteiger charge is 2.25. The van der Waals surface area contributed by atoms with Gasteiger partial charge in [0.2, 0.25) is 0 Å². The van der Waals surface area contributed by atoms with Crippen LogP contribution < -0.4 is 10.2 Å². The number of anilines is 1. The summed E-state index contributed by atoms with van der Waals surface area (Å²) in [6.07, 6.45) is 0. The second kappa shape index (κ2) is 4.65. The van der Waals surface area contributed by atoms with E-state index < -0.39 is 0 Å². The highest BCUT2D eigenvalue weighted by atomic mass is 16.2. The van der Waals surface area contributed by atoms with Gasteiger partial charge in [-0.05, 0) is 18.6 Å². The summed E-state index contributed by atoms with van der Waals surface area (Å²) in [5.74, 6) is 0. The Hall–Kier alpha value is -1.71. The van der Waals surface area contributed by atoms with Gasteiger partial charge in [-0.25, -0.2) is 4.79 Å². The average Bonchev–Trinajstić information content (AvgIpc) is 2.46. The molecule has 1 heterocycles. The highest BCUT2D eigenvalue weighted by molar-refractivity contribution is 5.75. The number of hydrogen-bond donors (Lipinski definition) is 1. The van der Waals surface area contributed by atoms with Gasteiger partial charge >= 0.3 is 6.03 Å². The fourth-order valence-electron chi connectivity index (χ4n) is 2.37. The van der Waals surface area contributed by atoms with Crippen LogP contribution in [0.25, 0.3) is 0 Å². The summed E-state index contributed by atoms with van der Waals surface area (Å²) >= 11 is 0. The van der Waals surface area contributed by atoms with Crippen LogP contribution in [0.1, 0.15) is 12.5 Å². The van der Waals surface area contributed by atoms with E-state index in [0.717, 1.165) is 6.54 Å². The van der Waals surface area contributed by atoms with Gasteiger partial charge in [-0.3, -0.25) is 0 Å². The van der Waals surface area contributed by atoms with Gasteiger partial charge in [-0.1, -0.05) is 18.2 Å². The first-order chi connectivity index (χ1) is 8.13. The molecule has 1 aliphatic heterocycles. The van der Waals surface area contributed by atoms with Gasteiger partial charge in [-0.2, -0.15) is 0 Å². The van der Waals surface area contributed by atoms with Gasteiger partial charge in [0, 0.05) is 38.9 Å². The van der Waals surface area contributed by atoms with Crippen molar-refractivity contribution in [1.82, 2.24) is 10.2 Å². The Kier molecular flexibility index (Phi) is 3.22. The van der Waals surface area contributed by atoms with Crippen LogP contribution in [0.15, 0.2) is 24.3 Å². The summed E-state index contributed by atoms with van der Waals surface area (Å²) in [7, 11) is 3.75. The van der Waals surface area contributed by atoms with Gasteiger partial charge < -0.3 is 15.1 Å². The molecule has 1 unspecified atom stereocenters. The van der Waals surface area contributed by atoms with Crippen LogP contribution in [-0.2, 0) is 6.54 Å². The van der Waals surface area contributed by atoms with Gasteiger partial charge in [-0.15, -0.1) is 0 Å². The van der Waals surface area contributed by atoms with E-state index in [0.29, 0.717) is 6.54 Å². The minimum absolute atomic E-state index is 0.0115. The lowest BCUT2D eigenvalue weighted by atomic mass is 10.1. The van der Waals surface area contributed by atoms with E-state index in [1.165, 1.54) is 11.3 Å². The first-order valence-electron chi connectivity index (χ1n) is 5.91. The number of urea groups is 1. The minimum atomic E-state index is -0.0115. The Morgan fingerprint density at radius 3 is 2.82 bits per heavy atom. The summed E-state index contributed by atoms with van der Waals surface area (Å²) in [6, 6.07) is 8.44. The second-order valence-corrected chi connectivity index (χ2v) is 4.54. The summed E-state index contributed by atoms with van der Waals surface area (Å²) in [6.45, 7) is 3.60. The van der Waals surface area contributed by atoms with Crippen molar-refractivity contribution in [3.63, 3.8) is 0 Å².